The Balaban J connectivity index is 1.71. The average Bonchev–Trinajstić information content (AvgIpc) is 3.22. The predicted molar refractivity (Wildman–Crippen MR) is 96.3 cm³/mol. The first kappa shape index (κ1) is 18.1. The summed E-state index contributed by atoms with van der Waals surface area (Å²) in [5.41, 5.74) is 0.778. The SMILES string of the molecule is CCOc1ccc2nc(N3CC(C(=O)NCC(=O)OC)CC3=O)sc2c1. The molecule has 1 aromatic heterocycles. The number of hydrogen-bond donors (Lipinski definition) is 1. The number of esters is 1. The van der Waals surface area contributed by atoms with Gasteiger partial charge < -0.3 is 14.8 Å². The van der Waals surface area contributed by atoms with E-state index >= 15 is 0 Å². The Morgan fingerprint density at radius 1 is 1.42 bits per heavy atom. The maximum atomic E-state index is 12.3. The number of carbonyl (C=O) groups excluding carboxylic acids is 3. The highest BCUT2D eigenvalue weighted by atomic mass is 32.1. The van der Waals surface area contributed by atoms with Crippen LogP contribution in [0.5, 0.6) is 5.75 Å². The zero-order valence-corrected chi connectivity index (χ0v) is 15.3. The molecule has 26 heavy (non-hydrogen) atoms. The molecule has 2 amide bonds. The predicted octanol–water partition coefficient (Wildman–Crippen LogP) is 1.34. The van der Waals surface area contributed by atoms with Crippen LogP contribution in [0.15, 0.2) is 18.2 Å². The number of hydrogen-bond acceptors (Lipinski definition) is 7. The minimum absolute atomic E-state index is 0.0904. The summed E-state index contributed by atoms with van der Waals surface area (Å²) in [6.07, 6.45) is 0.0904. The molecule has 0 aliphatic carbocycles. The van der Waals surface area contributed by atoms with Gasteiger partial charge in [0.05, 0.1) is 29.9 Å². The van der Waals surface area contributed by atoms with Crippen molar-refractivity contribution in [2.45, 2.75) is 13.3 Å². The molecule has 3 rings (SSSR count). The largest absolute Gasteiger partial charge is 0.494 e. The minimum Gasteiger partial charge on any atom is -0.494 e. The van der Waals surface area contributed by atoms with E-state index in [-0.39, 0.29) is 31.3 Å². The van der Waals surface area contributed by atoms with Crippen LogP contribution in [-0.4, -0.2) is 49.6 Å². The fourth-order valence-electron chi connectivity index (χ4n) is 2.71. The second-order valence-electron chi connectivity index (χ2n) is 5.76. The number of carbonyl (C=O) groups is 3. The van der Waals surface area contributed by atoms with E-state index in [0.29, 0.717) is 11.7 Å². The van der Waals surface area contributed by atoms with Crippen LogP contribution in [0.3, 0.4) is 0 Å². The number of nitrogens with one attached hydrogen (secondary N) is 1. The molecule has 2 heterocycles. The topological polar surface area (TPSA) is 97.8 Å². The van der Waals surface area contributed by atoms with Crippen LogP contribution in [-0.2, 0) is 19.1 Å². The molecule has 1 unspecified atom stereocenters. The second-order valence-corrected chi connectivity index (χ2v) is 6.77. The lowest BCUT2D eigenvalue weighted by molar-refractivity contribution is -0.141. The molecule has 0 radical (unpaired) electrons. The van der Waals surface area contributed by atoms with Crippen molar-refractivity contribution in [2.75, 3.05) is 31.7 Å². The van der Waals surface area contributed by atoms with Crippen LogP contribution in [0, 0.1) is 5.92 Å². The Kier molecular flexibility index (Phi) is 5.36. The summed E-state index contributed by atoms with van der Waals surface area (Å²) in [6.45, 7) is 2.52. The number of ether oxygens (including phenoxy) is 2. The summed E-state index contributed by atoms with van der Waals surface area (Å²) in [5, 5.41) is 3.05. The van der Waals surface area contributed by atoms with Crippen LogP contribution >= 0.6 is 11.3 Å². The lowest BCUT2D eigenvalue weighted by atomic mass is 10.1. The lowest BCUT2D eigenvalue weighted by Gasteiger charge is -2.12. The van der Waals surface area contributed by atoms with Gasteiger partial charge in [-0.15, -0.1) is 0 Å². The minimum atomic E-state index is -0.532. The van der Waals surface area contributed by atoms with Crippen molar-refractivity contribution in [2.24, 2.45) is 5.92 Å². The Bertz CT molecular complexity index is 850. The molecule has 1 N–H and O–H groups in total. The molecule has 8 nitrogen and oxygen atoms in total. The van der Waals surface area contributed by atoms with Crippen LogP contribution in [0.4, 0.5) is 5.13 Å². The van der Waals surface area contributed by atoms with Gasteiger partial charge in [-0.05, 0) is 25.1 Å². The van der Waals surface area contributed by atoms with E-state index < -0.39 is 11.9 Å². The van der Waals surface area contributed by atoms with E-state index in [1.165, 1.54) is 23.3 Å². The molecule has 0 bridgehead atoms. The smallest absolute Gasteiger partial charge is 0.325 e. The number of benzene rings is 1. The Labute approximate surface area is 154 Å². The van der Waals surface area contributed by atoms with Crippen molar-refractivity contribution in [3.8, 4) is 5.75 Å². The third kappa shape index (κ3) is 3.77. The molecule has 1 fully saturated rings. The molecule has 1 aliphatic rings. The Morgan fingerprint density at radius 2 is 2.23 bits per heavy atom. The highest BCUT2D eigenvalue weighted by molar-refractivity contribution is 7.22. The summed E-state index contributed by atoms with van der Waals surface area (Å²) in [5.74, 6) is -0.796. The number of fused-ring (bicyclic) bond motifs is 1. The van der Waals surface area contributed by atoms with Crippen molar-refractivity contribution in [1.29, 1.82) is 0 Å². The van der Waals surface area contributed by atoms with Crippen molar-refractivity contribution in [3.05, 3.63) is 18.2 Å². The van der Waals surface area contributed by atoms with Gasteiger partial charge >= 0.3 is 5.97 Å². The van der Waals surface area contributed by atoms with E-state index in [4.69, 9.17) is 4.74 Å². The number of rotatable bonds is 6. The first-order chi connectivity index (χ1) is 12.5. The average molecular weight is 377 g/mol. The number of anilines is 1. The standard InChI is InChI=1S/C17H19N3O5S/c1-3-25-11-4-5-12-13(7-11)26-17(19-12)20-9-10(6-14(20)21)16(23)18-8-15(22)24-2/h4-5,7,10H,3,6,8-9H2,1-2H3,(H,18,23). The van der Waals surface area contributed by atoms with E-state index in [1.54, 1.807) is 0 Å². The van der Waals surface area contributed by atoms with E-state index in [2.05, 4.69) is 15.0 Å². The number of nitrogens with zero attached hydrogens (tertiary/aromatic N) is 2. The maximum absolute atomic E-state index is 12.3. The molecule has 138 valence electrons. The Hall–Kier alpha value is -2.68. The molecule has 1 atom stereocenters. The highest BCUT2D eigenvalue weighted by Gasteiger charge is 2.36. The van der Waals surface area contributed by atoms with Gasteiger partial charge in [0.2, 0.25) is 11.8 Å². The molecule has 0 spiro atoms. The quantitative estimate of drug-likeness (QED) is 0.763. The van der Waals surface area contributed by atoms with Gasteiger partial charge in [0.25, 0.3) is 0 Å². The summed E-state index contributed by atoms with van der Waals surface area (Å²) < 4.78 is 10.9. The highest BCUT2D eigenvalue weighted by Crippen LogP contribution is 2.34. The number of aromatic nitrogens is 1. The third-order valence-corrected chi connectivity index (χ3v) is 5.06. The normalized spacial score (nSPS) is 16.8. The molecule has 1 aromatic carbocycles. The molecule has 0 saturated carbocycles. The van der Waals surface area contributed by atoms with Crippen LogP contribution < -0.4 is 15.0 Å². The molecule has 2 aromatic rings. The Morgan fingerprint density at radius 3 is 2.96 bits per heavy atom. The summed E-state index contributed by atoms with van der Waals surface area (Å²) in [6, 6.07) is 5.58. The van der Waals surface area contributed by atoms with Crippen molar-refractivity contribution in [3.63, 3.8) is 0 Å². The second kappa shape index (κ2) is 7.69. The molecule has 9 heteroatoms. The van der Waals surface area contributed by atoms with Crippen molar-refractivity contribution in [1.82, 2.24) is 10.3 Å². The maximum Gasteiger partial charge on any atom is 0.325 e. The number of thiazole rings is 1. The summed E-state index contributed by atoms with van der Waals surface area (Å²) >= 11 is 1.38. The lowest BCUT2D eigenvalue weighted by Crippen LogP contribution is -2.36. The van der Waals surface area contributed by atoms with Crippen molar-refractivity contribution >= 4 is 44.5 Å². The van der Waals surface area contributed by atoms with Gasteiger partial charge in [0.1, 0.15) is 12.3 Å². The van der Waals surface area contributed by atoms with Gasteiger partial charge in [-0.25, -0.2) is 4.98 Å². The van der Waals surface area contributed by atoms with E-state index in [9.17, 15) is 14.4 Å². The summed E-state index contributed by atoms with van der Waals surface area (Å²) in [7, 11) is 1.25. The first-order valence-corrected chi connectivity index (χ1v) is 9.01. The van der Waals surface area contributed by atoms with Gasteiger partial charge in [-0.1, -0.05) is 11.3 Å². The molecular weight excluding hydrogens is 358 g/mol. The monoisotopic (exact) mass is 377 g/mol. The van der Waals surface area contributed by atoms with Gasteiger partial charge in [-0.2, -0.15) is 0 Å². The van der Waals surface area contributed by atoms with Gasteiger partial charge in [0, 0.05) is 13.0 Å². The van der Waals surface area contributed by atoms with Crippen LogP contribution in [0.2, 0.25) is 0 Å². The first-order valence-electron chi connectivity index (χ1n) is 8.20. The van der Waals surface area contributed by atoms with Crippen LogP contribution in [0.25, 0.3) is 10.2 Å². The molecular formula is C17H19N3O5S. The van der Waals surface area contributed by atoms with Gasteiger partial charge in [0.15, 0.2) is 5.13 Å². The molecule has 1 saturated heterocycles. The van der Waals surface area contributed by atoms with Crippen LogP contribution in [0.1, 0.15) is 13.3 Å². The van der Waals surface area contributed by atoms with Crippen molar-refractivity contribution < 1.29 is 23.9 Å². The van der Waals surface area contributed by atoms with E-state index in [1.807, 2.05) is 25.1 Å². The fourth-order valence-corrected chi connectivity index (χ4v) is 3.73. The third-order valence-electron chi connectivity index (χ3n) is 4.02. The zero-order valence-electron chi connectivity index (χ0n) is 14.5. The zero-order chi connectivity index (χ0) is 18.7. The van der Waals surface area contributed by atoms with E-state index in [0.717, 1.165) is 16.0 Å². The fraction of sp³-hybridized carbons (Fsp3) is 0.412. The number of methoxy groups -OCH3 is 1. The number of amides is 2. The summed E-state index contributed by atoms with van der Waals surface area (Å²) in [4.78, 5) is 41.6. The molecule has 1 aliphatic heterocycles. The van der Waals surface area contributed by atoms with Gasteiger partial charge in [-0.3, -0.25) is 19.3 Å².